The number of thioether (sulfide) groups is 1. The first kappa shape index (κ1) is 23.0. The van der Waals surface area contributed by atoms with Gasteiger partial charge < -0.3 is 4.57 Å². The largest absolute Gasteiger partial charge is 0.303 e. The first-order valence-electron chi connectivity index (χ1n) is 12.7. The van der Waals surface area contributed by atoms with Gasteiger partial charge in [0.1, 0.15) is 5.82 Å². The summed E-state index contributed by atoms with van der Waals surface area (Å²) < 4.78 is 2.34. The zero-order chi connectivity index (χ0) is 24.5. The molecular formula is C29H28N4O2S. The van der Waals surface area contributed by atoms with Gasteiger partial charge in [-0.1, -0.05) is 85.6 Å². The number of imide groups is 1. The lowest BCUT2D eigenvalue weighted by Gasteiger charge is -2.26. The molecule has 1 aliphatic heterocycles. The van der Waals surface area contributed by atoms with Crippen molar-refractivity contribution >= 4 is 34.3 Å². The molecule has 182 valence electrons. The Labute approximate surface area is 214 Å². The Bertz CT molecular complexity index is 1400. The normalized spacial score (nSPS) is 16.2. The van der Waals surface area contributed by atoms with Gasteiger partial charge in [0.05, 0.1) is 11.1 Å². The van der Waals surface area contributed by atoms with Crippen molar-refractivity contribution in [2.45, 2.75) is 49.7 Å². The summed E-state index contributed by atoms with van der Waals surface area (Å²) in [5.74, 6) is 1.16. The molecule has 0 atom stereocenters. The number of carbonyl (C=O) groups excluding carboxylic acids is 2. The second-order valence-corrected chi connectivity index (χ2v) is 10.6. The second-order valence-electron chi connectivity index (χ2n) is 9.53. The lowest BCUT2D eigenvalue weighted by atomic mass is 9.95. The number of amides is 2. The van der Waals surface area contributed by atoms with Gasteiger partial charge in [0.25, 0.3) is 11.8 Å². The van der Waals surface area contributed by atoms with Gasteiger partial charge in [-0.25, -0.2) is 0 Å². The second kappa shape index (κ2) is 9.90. The fourth-order valence-electron chi connectivity index (χ4n) is 5.52. The Hall–Kier alpha value is -3.45. The van der Waals surface area contributed by atoms with Gasteiger partial charge in [-0.2, -0.15) is 0 Å². The van der Waals surface area contributed by atoms with Crippen molar-refractivity contribution < 1.29 is 9.59 Å². The fourth-order valence-corrected chi connectivity index (χ4v) is 6.47. The van der Waals surface area contributed by atoms with E-state index in [9.17, 15) is 9.59 Å². The molecule has 0 radical (unpaired) electrons. The highest BCUT2D eigenvalue weighted by atomic mass is 32.2. The quantitative estimate of drug-likeness (QED) is 0.235. The first-order chi connectivity index (χ1) is 17.7. The summed E-state index contributed by atoms with van der Waals surface area (Å²) >= 11 is 1.59. The van der Waals surface area contributed by atoms with Crippen LogP contribution in [0.15, 0.2) is 71.9 Å². The number of carbonyl (C=O) groups is 2. The van der Waals surface area contributed by atoms with Crippen LogP contribution in [0.1, 0.15) is 70.2 Å². The van der Waals surface area contributed by atoms with Crippen molar-refractivity contribution in [3.63, 3.8) is 0 Å². The van der Waals surface area contributed by atoms with Crippen LogP contribution in [-0.4, -0.2) is 43.8 Å². The molecule has 0 bridgehead atoms. The van der Waals surface area contributed by atoms with Gasteiger partial charge in [0.2, 0.25) is 0 Å². The number of hydrogen-bond acceptors (Lipinski definition) is 5. The summed E-state index contributed by atoms with van der Waals surface area (Å²) in [5, 5.41) is 12.6. The molecule has 1 aliphatic carbocycles. The topological polar surface area (TPSA) is 68.1 Å². The van der Waals surface area contributed by atoms with Crippen LogP contribution in [0.2, 0.25) is 0 Å². The maximum atomic E-state index is 12.7. The highest BCUT2D eigenvalue weighted by Crippen LogP contribution is 2.34. The van der Waals surface area contributed by atoms with E-state index >= 15 is 0 Å². The fraction of sp³-hybridized carbons (Fsp3) is 0.310. The predicted molar refractivity (Wildman–Crippen MR) is 141 cm³/mol. The van der Waals surface area contributed by atoms with Crippen LogP contribution in [0.5, 0.6) is 0 Å². The maximum Gasteiger partial charge on any atom is 0.261 e. The molecule has 0 N–H and O–H groups in total. The molecule has 1 aromatic heterocycles. The molecule has 1 fully saturated rings. The zero-order valence-corrected chi connectivity index (χ0v) is 20.9. The van der Waals surface area contributed by atoms with Crippen LogP contribution in [0.4, 0.5) is 0 Å². The zero-order valence-electron chi connectivity index (χ0n) is 20.1. The minimum atomic E-state index is -0.207. The van der Waals surface area contributed by atoms with E-state index in [1.54, 1.807) is 36.0 Å². The van der Waals surface area contributed by atoms with E-state index in [4.69, 9.17) is 0 Å². The van der Waals surface area contributed by atoms with Gasteiger partial charge in [0, 0.05) is 24.8 Å². The standard InChI is InChI=1S/C29H28N4O2S/c34-27-24-15-6-7-16-25(24)28(35)32(27)17-18-36-29-31-30-26(33(29)22-12-2-1-3-13-22)19-21-11-8-10-20-9-4-5-14-23(20)21/h4-11,14-16,22H,1-3,12-13,17-19H2. The highest BCUT2D eigenvalue weighted by molar-refractivity contribution is 7.99. The van der Waals surface area contributed by atoms with E-state index in [-0.39, 0.29) is 11.8 Å². The Morgan fingerprint density at radius 1 is 0.806 bits per heavy atom. The number of aromatic nitrogens is 3. The highest BCUT2D eigenvalue weighted by Gasteiger charge is 2.34. The number of nitrogens with zero attached hydrogens (tertiary/aromatic N) is 4. The number of hydrogen-bond donors (Lipinski definition) is 0. The average molecular weight is 497 g/mol. The van der Waals surface area contributed by atoms with E-state index < -0.39 is 0 Å². The minimum absolute atomic E-state index is 0.207. The summed E-state index contributed by atoms with van der Waals surface area (Å²) in [6.07, 6.45) is 6.70. The molecule has 0 saturated heterocycles. The first-order valence-corrected chi connectivity index (χ1v) is 13.7. The van der Waals surface area contributed by atoms with E-state index in [0.29, 0.717) is 29.5 Å². The Kier molecular flexibility index (Phi) is 6.32. The Morgan fingerprint density at radius 3 is 2.28 bits per heavy atom. The van der Waals surface area contributed by atoms with Crippen LogP contribution in [-0.2, 0) is 6.42 Å². The van der Waals surface area contributed by atoms with Crippen molar-refractivity contribution in [2.75, 3.05) is 12.3 Å². The van der Waals surface area contributed by atoms with Gasteiger partial charge in [-0.15, -0.1) is 10.2 Å². The van der Waals surface area contributed by atoms with Gasteiger partial charge >= 0.3 is 0 Å². The molecule has 1 saturated carbocycles. The third-order valence-corrected chi connectivity index (χ3v) is 8.25. The van der Waals surface area contributed by atoms with Crippen LogP contribution < -0.4 is 0 Å². The Morgan fingerprint density at radius 2 is 1.50 bits per heavy atom. The van der Waals surface area contributed by atoms with E-state index in [1.165, 1.54) is 40.5 Å². The molecule has 3 aromatic carbocycles. The van der Waals surface area contributed by atoms with Crippen LogP contribution >= 0.6 is 11.8 Å². The van der Waals surface area contributed by atoms with Crippen molar-refractivity contribution in [3.8, 4) is 0 Å². The number of benzene rings is 3. The average Bonchev–Trinajstić information content (AvgIpc) is 3.43. The van der Waals surface area contributed by atoms with Crippen LogP contribution in [0, 0.1) is 0 Å². The lowest BCUT2D eigenvalue weighted by molar-refractivity contribution is 0.0664. The summed E-state index contributed by atoms with van der Waals surface area (Å²) in [5.41, 5.74) is 2.24. The van der Waals surface area contributed by atoms with Crippen molar-refractivity contribution in [3.05, 3.63) is 89.2 Å². The van der Waals surface area contributed by atoms with Crippen molar-refractivity contribution in [2.24, 2.45) is 0 Å². The number of rotatable bonds is 7. The molecule has 4 aromatic rings. The summed E-state index contributed by atoms with van der Waals surface area (Å²) in [6.45, 7) is 0.354. The molecule has 2 aliphatic rings. The molecule has 6 rings (SSSR count). The molecular weight excluding hydrogens is 468 g/mol. The summed E-state index contributed by atoms with van der Waals surface area (Å²) in [7, 11) is 0. The van der Waals surface area contributed by atoms with Gasteiger partial charge in [-0.3, -0.25) is 14.5 Å². The third kappa shape index (κ3) is 4.22. The molecule has 0 spiro atoms. The van der Waals surface area contributed by atoms with E-state index in [1.807, 2.05) is 0 Å². The molecule has 0 unspecified atom stereocenters. The van der Waals surface area contributed by atoms with Crippen molar-refractivity contribution in [1.82, 2.24) is 19.7 Å². The molecule has 7 heteroatoms. The maximum absolute atomic E-state index is 12.7. The Balaban J connectivity index is 1.23. The van der Waals surface area contributed by atoms with Gasteiger partial charge in [-0.05, 0) is 41.3 Å². The molecule has 2 heterocycles. The smallest absolute Gasteiger partial charge is 0.261 e. The summed E-state index contributed by atoms with van der Waals surface area (Å²) in [4.78, 5) is 26.8. The van der Waals surface area contributed by atoms with E-state index in [0.717, 1.165) is 30.2 Å². The van der Waals surface area contributed by atoms with Crippen LogP contribution in [0.3, 0.4) is 0 Å². The van der Waals surface area contributed by atoms with Crippen LogP contribution in [0.25, 0.3) is 10.8 Å². The SMILES string of the molecule is O=C1c2ccccc2C(=O)N1CCSc1nnc(Cc2cccc3ccccc23)n1C1CCCCC1. The lowest BCUT2D eigenvalue weighted by Crippen LogP contribution is -2.31. The van der Waals surface area contributed by atoms with Gasteiger partial charge in [0.15, 0.2) is 5.16 Å². The minimum Gasteiger partial charge on any atom is -0.303 e. The third-order valence-electron chi connectivity index (χ3n) is 7.33. The number of fused-ring (bicyclic) bond motifs is 2. The molecule has 2 amide bonds. The molecule has 6 nitrogen and oxygen atoms in total. The molecule has 36 heavy (non-hydrogen) atoms. The summed E-state index contributed by atoms with van der Waals surface area (Å²) in [6, 6.07) is 22.3. The monoisotopic (exact) mass is 496 g/mol. The van der Waals surface area contributed by atoms with Crippen molar-refractivity contribution in [1.29, 1.82) is 0 Å². The van der Waals surface area contributed by atoms with E-state index in [2.05, 4.69) is 57.2 Å². The predicted octanol–water partition coefficient (Wildman–Crippen LogP) is 5.92.